The number of thioether (sulfide) groups is 1. The molecule has 6 nitrogen and oxygen atoms in total. The Bertz CT molecular complexity index is 1040. The zero-order chi connectivity index (χ0) is 21.7. The van der Waals surface area contributed by atoms with Crippen LogP contribution in [0.2, 0.25) is 0 Å². The third kappa shape index (κ3) is 5.78. The van der Waals surface area contributed by atoms with E-state index in [-0.39, 0.29) is 23.8 Å². The summed E-state index contributed by atoms with van der Waals surface area (Å²) >= 11 is 9.97. The number of rotatable bonds is 7. The topological polar surface area (TPSA) is 89.5 Å². The summed E-state index contributed by atoms with van der Waals surface area (Å²) in [5, 5.41) is 13.4. The van der Waals surface area contributed by atoms with Gasteiger partial charge >= 0.3 is 0 Å². The van der Waals surface area contributed by atoms with Crippen molar-refractivity contribution in [1.29, 1.82) is 0 Å². The Morgan fingerprint density at radius 1 is 1.20 bits per heavy atom. The number of halogens is 1. The number of anilines is 1. The number of hydrogen-bond donors (Lipinski definition) is 1. The maximum atomic E-state index is 12.6. The summed E-state index contributed by atoms with van der Waals surface area (Å²) in [6, 6.07) is 13.3. The van der Waals surface area contributed by atoms with Gasteiger partial charge in [-0.2, -0.15) is 0 Å². The lowest BCUT2D eigenvalue weighted by Gasteiger charge is -2.14. The first-order valence-corrected chi connectivity index (χ1v) is 11.0. The molecule has 0 radical (unpaired) electrons. The fourth-order valence-corrected chi connectivity index (χ4v) is 4.48. The van der Waals surface area contributed by atoms with E-state index in [4.69, 9.17) is 12.2 Å². The van der Waals surface area contributed by atoms with Gasteiger partial charge in [-0.05, 0) is 47.9 Å². The van der Waals surface area contributed by atoms with Crippen LogP contribution >= 0.6 is 39.9 Å². The van der Waals surface area contributed by atoms with Gasteiger partial charge in [0.05, 0.1) is 10.9 Å². The van der Waals surface area contributed by atoms with Crippen LogP contribution in [0.15, 0.2) is 57.9 Å². The first-order valence-electron chi connectivity index (χ1n) is 8.95. The lowest BCUT2D eigenvalue weighted by Crippen LogP contribution is -2.29. The van der Waals surface area contributed by atoms with E-state index >= 15 is 0 Å². The van der Waals surface area contributed by atoms with Gasteiger partial charge in [-0.25, -0.2) is 0 Å². The summed E-state index contributed by atoms with van der Waals surface area (Å²) in [6.45, 7) is 0.345. The van der Waals surface area contributed by atoms with E-state index in [1.165, 1.54) is 40.9 Å². The van der Waals surface area contributed by atoms with Crippen LogP contribution in [0.5, 0.6) is 0 Å². The van der Waals surface area contributed by atoms with Gasteiger partial charge in [0, 0.05) is 23.1 Å². The highest BCUT2D eigenvalue weighted by atomic mass is 79.9. The fraction of sp³-hybridized carbons (Fsp3) is 0.143. The van der Waals surface area contributed by atoms with Crippen molar-refractivity contribution in [2.45, 2.75) is 12.8 Å². The van der Waals surface area contributed by atoms with E-state index in [9.17, 15) is 19.5 Å². The molecule has 0 bridgehead atoms. The standard InChI is InChI=1S/C21H17BrN2O4S2/c22-15-4-1-3-13(11-15)12-17-19(26)24(21(29)30-17)10-2-5-18(25)23-16-8-6-14(7-9-16)20(27)28/h1,3-4,6-9,11-12H,2,5,10H2,(H,23,25)(H,27,28)/p-1/b17-12-. The molecule has 30 heavy (non-hydrogen) atoms. The molecule has 1 aliphatic heterocycles. The molecule has 2 amide bonds. The molecule has 0 aromatic heterocycles. The molecule has 0 spiro atoms. The zero-order valence-corrected chi connectivity index (χ0v) is 18.8. The van der Waals surface area contributed by atoms with Crippen LogP contribution < -0.4 is 10.4 Å². The van der Waals surface area contributed by atoms with Crippen molar-refractivity contribution in [1.82, 2.24) is 4.90 Å². The molecule has 0 aliphatic carbocycles. The summed E-state index contributed by atoms with van der Waals surface area (Å²) in [5.41, 5.74) is 1.43. The number of thiocarbonyl (C=S) groups is 1. The summed E-state index contributed by atoms with van der Waals surface area (Å²) in [5.74, 6) is -1.67. The van der Waals surface area contributed by atoms with Gasteiger partial charge in [0.25, 0.3) is 5.91 Å². The Kier molecular flexibility index (Phi) is 7.41. The predicted molar refractivity (Wildman–Crippen MR) is 123 cm³/mol. The number of carboxylic acids is 1. The smallest absolute Gasteiger partial charge is 0.266 e. The fourth-order valence-electron chi connectivity index (χ4n) is 2.75. The molecule has 9 heteroatoms. The second-order valence-electron chi connectivity index (χ2n) is 6.40. The number of nitrogens with zero attached hydrogens (tertiary/aromatic N) is 1. The molecule has 1 aliphatic rings. The van der Waals surface area contributed by atoms with Gasteiger partial charge in [-0.1, -0.05) is 64.2 Å². The van der Waals surface area contributed by atoms with Crippen molar-refractivity contribution in [3.63, 3.8) is 0 Å². The minimum Gasteiger partial charge on any atom is -0.545 e. The minimum atomic E-state index is -1.27. The normalized spacial score (nSPS) is 15.0. The SMILES string of the molecule is O=C(CCCN1C(=O)/C(=C/c2cccc(Br)c2)SC1=S)Nc1ccc(C(=O)[O-])cc1. The molecule has 2 aromatic carbocycles. The van der Waals surface area contributed by atoms with Gasteiger partial charge < -0.3 is 15.2 Å². The van der Waals surface area contributed by atoms with Crippen molar-refractivity contribution in [2.24, 2.45) is 0 Å². The highest BCUT2D eigenvalue weighted by Crippen LogP contribution is 2.33. The maximum Gasteiger partial charge on any atom is 0.266 e. The van der Waals surface area contributed by atoms with Crippen LogP contribution in [0.1, 0.15) is 28.8 Å². The van der Waals surface area contributed by atoms with Crippen LogP contribution in [-0.2, 0) is 9.59 Å². The predicted octanol–water partition coefficient (Wildman–Crippen LogP) is 3.43. The molecule has 1 heterocycles. The van der Waals surface area contributed by atoms with Gasteiger partial charge in [-0.15, -0.1) is 0 Å². The van der Waals surface area contributed by atoms with E-state index in [1.807, 2.05) is 24.3 Å². The number of nitrogens with one attached hydrogen (secondary N) is 1. The molecule has 1 fully saturated rings. The van der Waals surface area contributed by atoms with Crippen LogP contribution in [0.3, 0.4) is 0 Å². The molecule has 1 N–H and O–H groups in total. The molecule has 0 unspecified atom stereocenters. The number of carbonyl (C=O) groups is 3. The van der Waals surface area contributed by atoms with Gasteiger partial charge in [0.2, 0.25) is 5.91 Å². The summed E-state index contributed by atoms with van der Waals surface area (Å²) < 4.78 is 1.39. The highest BCUT2D eigenvalue weighted by Gasteiger charge is 2.31. The Morgan fingerprint density at radius 3 is 2.60 bits per heavy atom. The van der Waals surface area contributed by atoms with E-state index in [0.29, 0.717) is 27.9 Å². The van der Waals surface area contributed by atoms with Gasteiger partial charge in [0.15, 0.2) is 0 Å². The number of benzene rings is 2. The van der Waals surface area contributed by atoms with Gasteiger partial charge in [0.1, 0.15) is 4.32 Å². The number of carboxylic acid groups (broad SMARTS) is 1. The lowest BCUT2D eigenvalue weighted by atomic mass is 10.2. The van der Waals surface area contributed by atoms with Crippen LogP contribution in [0.4, 0.5) is 5.69 Å². The second kappa shape index (κ2) is 10.0. The summed E-state index contributed by atoms with van der Waals surface area (Å²) in [7, 11) is 0. The van der Waals surface area contributed by atoms with Crippen molar-refractivity contribution >= 4 is 73.8 Å². The Morgan fingerprint density at radius 2 is 1.93 bits per heavy atom. The molecular weight excluding hydrogens is 488 g/mol. The molecule has 0 atom stereocenters. The molecular formula is C21H16BrN2O4S2-. The van der Waals surface area contributed by atoms with Crippen LogP contribution in [0.25, 0.3) is 6.08 Å². The number of hydrogen-bond acceptors (Lipinski definition) is 6. The average molecular weight is 504 g/mol. The van der Waals surface area contributed by atoms with E-state index in [2.05, 4.69) is 21.2 Å². The third-order valence-corrected chi connectivity index (χ3v) is 6.08. The van der Waals surface area contributed by atoms with E-state index < -0.39 is 5.97 Å². The first kappa shape index (κ1) is 22.2. The Hall–Kier alpha value is -2.49. The number of aromatic carboxylic acids is 1. The van der Waals surface area contributed by atoms with Crippen molar-refractivity contribution in [3.8, 4) is 0 Å². The van der Waals surface area contributed by atoms with Crippen molar-refractivity contribution in [3.05, 3.63) is 69.0 Å². The quantitative estimate of drug-likeness (QED) is 0.459. The first-order chi connectivity index (χ1) is 14.3. The average Bonchev–Trinajstić information content (AvgIpc) is 2.95. The van der Waals surface area contributed by atoms with Crippen LogP contribution in [-0.4, -0.2) is 33.5 Å². The molecule has 2 aromatic rings. The van der Waals surface area contributed by atoms with Crippen molar-refractivity contribution < 1.29 is 19.5 Å². The molecule has 0 saturated carbocycles. The minimum absolute atomic E-state index is 0.0401. The zero-order valence-electron chi connectivity index (χ0n) is 15.6. The Labute approximate surface area is 191 Å². The van der Waals surface area contributed by atoms with Crippen molar-refractivity contribution in [2.75, 3.05) is 11.9 Å². The molecule has 1 saturated heterocycles. The molecule has 154 valence electrons. The maximum absolute atomic E-state index is 12.6. The number of amides is 2. The molecule has 3 rings (SSSR count). The number of carbonyl (C=O) groups excluding carboxylic acids is 3. The second-order valence-corrected chi connectivity index (χ2v) is 9.00. The van der Waals surface area contributed by atoms with E-state index in [1.54, 1.807) is 6.08 Å². The largest absolute Gasteiger partial charge is 0.545 e. The summed E-state index contributed by atoms with van der Waals surface area (Å²) in [4.78, 5) is 37.6. The summed E-state index contributed by atoms with van der Waals surface area (Å²) in [6.07, 6.45) is 2.44. The van der Waals surface area contributed by atoms with Crippen LogP contribution in [0, 0.1) is 0 Å². The lowest BCUT2D eigenvalue weighted by molar-refractivity contribution is -0.255. The van der Waals surface area contributed by atoms with E-state index in [0.717, 1.165) is 10.0 Å². The van der Waals surface area contributed by atoms with Gasteiger partial charge in [-0.3, -0.25) is 14.5 Å². The highest BCUT2D eigenvalue weighted by molar-refractivity contribution is 9.10. The Balaban J connectivity index is 1.51. The monoisotopic (exact) mass is 503 g/mol. The third-order valence-electron chi connectivity index (χ3n) is 4.21.